The molecule has 0 radical (unpaired) electrons. The van der Waals surface area contributed by atoms with Crippen molar-refractivity contribution in [2.75, 3.05) is 24.6 Å². The fourth-order valence-electron chi connectivity index (χ4n) is 1.80. The second kappa shape index (κ2) is 5.94. The van der Waals surface area contributed by atoms with Gasteiger partial charge in [-0.3, -0.25) is 4.79 Å². The molecule has 0 aromatic carbocycles. The normalized spacial score (nSPS) is 16.4. The van der Waals surface area contributed by atoms with Crippen LogP contribution in [0.5, 0.6) is 0 Å². The molecule has 4 nitrogen and oxygen atoms in total. The van der Waals surface area contributed by atoms with Crippen LogP contribution in [0.3, 0.4) is 0 Å². The summed E-state index contributed by atoms with van der Waals surface area (Å²) in [5.41, 5.74) is 0. The van der Waals surface area contributed by atoms with Gasteiger partial charge in [0.1, 0.15) is 0 Å². The zero-order chi connectivity index (χ0) is 11.2. The van der Waals surface area contributed by atoms with Crippen molar-refractivity contribution in [1.29, 1.82) is 0 Å². The summed E-state index contributed by atoms with van der Waals surface area (Å²) in [6.07, 6.45) is 7.05. The van der Waals surface area contributed by atoms with E-state index in [-0.39, 0.29) is 0 Å². The molecule has 1 fully saturated rings. The van der Waals surface area contributed by atoms with Gasteiger partial charge in [0, 0.05) is 50.0 Å². The van der Waals surface area contributed by atoms with E-state index in [9.17, 15) is 4.79 Å². The SMILES string of the molecule is O=C(CCCn1ccnc1)N1CCSCC1. The monoisotopic (exact) mass is 239 g/mol. The molecule has 5 heteroatoms. The summed E-state index contributed by atoms with van der Waals surface area (Å²) in [5.74, 6) is 2.49. The molecular formula is C11H17N3OS. The maximum Gasteiger partial charge on any atom is 0.222 e. The average molecular weight is 239 g/mol. The summed E-state index contributed by atoms with van der Waals surface area (Å²) in [4.78, 5) is 17.8. The zero-order valence-corrected chi connectivity index (χ0v) is 10.2. The molecule has 1 aliphatic rings. The summed E-state index contributed by atoms with van der Waals surface area (Å²) in [7, 11) is 0. The number of aromatic nitrogens is 2. The van der Waals surface area contributed by atoms with Gasteiger partial charge in [-0.2, -0.15) is 11.8 Å². The number of nitrogens with zero attached hydrogens (tertiary/aromatic N) is 3. The number of imidazole rings is 1. The minimum absolute atomic E-state index is 0.306. The van der Waals surface area contributed by atoms with Gasteiger partial charge in [0.25, 0.3) is 0 Å². The Hall–Kier alpha value is -0.970. The molecular weight excluding hydrogens is 222 g/mol. The van der Waals surface area contributed by atoms with Gasteiger partial charge in [0.15, 0.2) is 0 Å². The van der Waals surface area contributed by atoms with Crippen LogP contribution in [0.15, 0.2) is 18.7 Å². The van der Waals surface area contributed by atoms with Crippen LogP contribution in [0, 0.1) is 0 Å². The molecule has 0 N–H and O–H groups in total. The van der Waals surface area contributed by atoms with Crippen LogP contribution in [0.25, 0.3) is 0 Å². The molecule has 0 aliphatic carbocycles. The number of hydrogen-bond donors (Lipinski definition) is 0. The highest BCUT2D eigenvalue weighted by Gasteiger charge is 2.15. The van der Waals surface area contributed by atoms with E-state index >= 15 is 0 Å². The molecule has 0 atom stereocenters. The molecule has 2 heterocycles. The number of carbonyl (C=O) groups is 1. The summed E-state index contributed by atoms with van der Waals surface area (Å²) in [5, 5.41) is 0. The van der Waals surface area contributed by atoms with Crippen molar-refractivity contribution in [2.45, 2.75) is 19.4 Å². The van der Waals surface area contributed by atoms with Crippen LogP contribution in [0.2, 0.25) is 0 Å². The Morgan fingerprint density at radius 1 is 1.38 bits per heavy atom. The Bertz CT molecular complexity index is 320. The molecule has 0 unspecified atom stereocenters. The van der Waals surface area contributed by atoms with Gasteiger partial charge in [0.2, 0.25) is 5.91 Å². The molecule has 0 saturated carbocycles. The third-order valence-corrected chi connectivity index (χ3v) is 3.67. The molecule has 0 bridgehead atoms. The summed E-state index contributed by atoms with van der Waals surface area (Å²) >= 11 is 1.93. The Balaban J connectivity index is 1.67. The van der Waals surface area contributed by atoms with E-state index in [1.807, 2.05) is 27.4 Å². The fraction of sp³-hybridized carbons (Fsp3) is 0.636. The van der Waals surface area contributed by atoms with Crippen molar-refractivity contribution in [3.63, 3.8) is 0 Å². The van der Waals surface area contributed by atoms with Crippen LogP contribution < -0.4 is 0 Å². The van der Waals surface area contributed by atoms with E-state index in [4.69, 9.17) is 0 Å². The standard InChI is InChI=1S/C11H17N3OS/c15-11(14-6-8-16-9-7-14)2-1-4-13-5-3-12-10-13/h3,5,10H,1-2,4,6-9H2. The van der Waals surface area contributed by atoms with Gasteiger partial charge in [-0.1, -0.05) is 0 Å². The van der Waals surface area contributed by atoms with Crippen LogP contribution >= 0.6 is 11.8 Å². The smallest absolute Gasteiger partial charge is 0.222 e. The van der Waals surface area contributed by atoms with Crippen molar-refractivity contribution >= 4 is 17.7 Å². The molecule has 0 spiro atoms. The molecule has 1 saturated heterocycles. The van der Waals surface area contributed by atoms with Crippen molar-refractivity contribution in [3.05, 3.63) is 18.7 Å². The molecule has 1 aliphatic heterocycles. The minimum atomic E-state index is 0.306. The van der Waals surface area contributed by atoms with Crippen LogP contribution in [0.4, 0.5) is 0 Å². The Kier molecular flexibility index (Phi) is 4.27. The average Bonchev–Trinajstić information content (AvgIpc) is 2.83. The third kappa shape index (κ3) is 3.27. The first-order valence-electron chi connectivity index (χ1n) is 5.67. The highest BCUT2D eigenvalue weighted by molar-refractivity contribution is 7.99. The first-order chi connectivity index (χ1) is 7.86. The van der Waals surface area contributed by atoms with E-state index in [2.05, 4.69) is 4.98 Å². The van der Waals surface area contributed by atoms with E-state index < -0.39 is 0 Å². The molecule has 2 rings (SSSR count). The Morgan fingerprint density at radius 3 is 2.88 bits per heavy atom. The van der Waals surface area contributed by atoms with Crippen LogP contribution in [0.1, 0.15) is 12.8 Å². The highest BCUT2D eigenvalue weighted by atomic mass is 32.2. The van der Waals surface area contributed by atoms with Crippen LogP contribution in [-0.4, -0.2) is 45.0 Å². The van der Waals surface area contributed by atoms with Gasteiger partial charge in [-0.15, -0.1) is 0 Å². The van der Waals surface area contributed by atoms with Crippen LogP contribution in [-0.2, 0) is 11.3 Å². The minimum Gasteiger partial charge on any atom is -0.341 e. The highest BCUT2D eigenvalue weighted by Crippen LogP contribution is 2.11. The van der Waals surface area contributed by atoms with Gasteiger partial charge in [-0.05, 0) is 6.42 Å². The van der Waals surface area contributed by atoms with Gasteiger partial charge < -0.3 is 9.47 Å². The lowest BCUT2D eigenvalue weighted by molar-refractivity contribution is -0.130. The van der Waals surface area contributed by atoms with Crippen molar-refractivity contribution < 1.29 is 4.79 Å². The topological polar surface area (TPSA) is 38.1 Å². The quantitative estimate of drug-likeness (QED) is 0.793. The third-order valence-electron chi connectivity index (χ3n) is 2.73. The number of carbonyl (C=O) groups excluding carboxylic acids is 1. The van der Waals surface area contributed by atoms with Crippen molar-refractivity contribution in [1.82, 2.24) is 14.5 Å². The van der Waals surface area contributed by atoms with E-state index in [0.717, 1.165) is 37.6 Å². The number of rotatable bonds is 4. The number of aryl methyl sites for hydroxylation is 1. The lowest BCUT2D eigenvalue weighted by Crippen LogP contribution is -2.37. The van der Waals surface area contributed by atoms with Gasteiger partial charge in [-0.25, -0.2) is 4.98 Å². The number of thioether (sulfide) groups is 1. The molecule has 1 amide bonds. The summed E-state index contributed by atoms with van der Waals surface area (Å²) in [6.45, 7) is 2.73. The maximum atomic E-state index is 11.8. The van der Waals surface area contributed by atoms with Crippen molar-refractivity contribution in [3.8, 4) is 0 Å². The summed E-state index contributed by atoms with van der Waals surface area (Å²) < 4.78 is 2.01. The lowest BCUT2D eigenvalue weighted by Gasteiger charge is -2.26. The lowest BCUT2D eigenvalue weighted by atomic mass is 10.2. The second-order valence-electron chi connectivity index (χ2n) is 3.90. The van der Waals surface area contributed by atoms with Gasteiger partial charge >= 0.3 is 0 Å². The number of hydrogen-bond acceptors (Lipinski definition) is 3. The first kappa shape index (κ1) is 11.5. The maximum absolute atomic E-state index is 11.8. The van der Waals surface area contributed by atoms with Crippen molar-refractivity contribution in [2.24, 2.45) is 0 Å². The molecule has 16 heavy (non-hydrogen) atoms. The summed E-state index contributed by atoms with van der Waals surface area (Å²) in [6, 6.07) is 0. The van der Waals surface area contributed by atoms with Gasteiger partial charge in [0.05, 0.1) is 6.33 Å². The van der Waals surface area contributed by atoms with E-state index in [0.29, 0.717) is 12.3 Å². The van der Waals surface area contributed by atoms with E-state index in [1.165, 1.54) is 0 Å². The Morgan fingerprint density at radius 2 is 2.19 bits per heavy atom. The largest absolute Gasteiger partial charge is 0.341 e. The molecule has 88 valence electrons. The predicted octanol–water partition coefficient (Wildman–Crippen LogP) is 1.24. The first-order valence-corrected chi connectivity index (χ1v) is 6.83. The molecule has 1 aromatic heterocycles. The zero-order valence-electron chi connectivity index (χ0n) is 9.34. The molecule has 1 aromatic rings. The fourth-order valence-corrected chi connectivity index (χ4v) is 2.71. The Labute approximate surface area is 100 Å². The van der Waals surface area contributed by atoms with E-state index in [1.54, 1.807) is 12.5 Å². The second-order valence-corrected chi connectivity index (χ2v) is 5.12. The predicted molar refractivity (Wildman–Crippen MR) is 65.4 cm³/mol. The number of amides is 1.